The predicted octanol–water partition coefficient (Wildman–Crippen LogP) is 13.0. The molecule has 2 aliphatic rings. The molecule has 11 aromatic rings. The third-order valence-electron chi connectivity index (χ3n) is 12.4. The molecule has 13 rings (SSSR count). The molecule has 4 nitrogen and oxygen atoms in total. The number of benzene rings is 8. The van der Waals surface area contributed by atoms with Crippen LogP contribution in [0.2, 0.25) is 0 Å². The minimum Gasteiger partial charge on any atom is -0.309 e. The predicted molar refractivity (Wildman–Crippen MR) is 234 cm³/mol. The van der Waals surface area contributed by atoms with Gasteiger partial charge in [0.05, 0.1) is 27.8 Å². The topological polar surface area (TPSA) is 27.7 Å². The largest absolute Gasteiger partial charge is 0.309 e. The number of rotatable bonds is 3. The molecule has 8 aromatic carbocycles. The van der Waals surface area contributed by atoms with Crippen molar-refractivity contribution in [3.05, 3.63) is 211 Å². The minimum absolute atomic E-state index is 0.546. The maximum Gasteiger partial charge on any atom is 0.141 e. The average Bonchev–Trinajstić information content (AvgIpc) is 4.03. The molecule has 0 saturated heterocycles. The van der Waals surface area contributed by atoms with E-state index in [4.69, 9.17) is 5.10 Å². The van der Waals surface area contributed by atoms with E-state index in [1.54, 1.807) is 0 Å². The van der Waals surface area contributed by atoms with Gasteiger partial charge in [0.2, 0.25) is 0 Å². The van der Waals surface area contributed by atoms with Crippen molar-refractivity contribution in [1.82, 2.24) is 18.9 Å². The summed E-state index contributed by atoms with van der Waals surface area (Å²) in [5.74, 6) is 0. The molecule has 1 atom stereocenters. The summed E-state index contributed by atoms with van der Waals surface area (Å²) < 4.78 is 7.08. The molecule has 3 aromatic heterocycles. The first-order valence-electron chi connectivity index (χ1n) is 19.5. The molecule has 0 amide bonds. The van der Waals surface area contributed by atoms with E-state index in [9.17, 15) is 0 Å². The monoisotopic (exact) mass is 744 g/mol. The van der Waals surface area contributed by atoms with Crippen molar-refractivity contribution in [1.29, 1.82) is 0 Å². The van der Waals surface area contributed by atoms with Crippen LogP contribution >= 0.6 is 11.8 Å². The fraction of sp³-hybridized carbons (Fsp3) is 0.0192. The highest BCUT2D eigenvalue weighted by Gasteiger charge is 2.51. The van der Waals surface area contributed by atoms with E-state index < -0.39 is 5.54 Å². The molecule has 266 valence electrons. The van der Waals surface area contributed by atoms with E-state index in [2.05, 4.69) is 202 Å². The van der Waals surface area contributed by atoms with Crippen molar-refractivity contribution in [2.75, 3.05) is 0 Å². The molecule has 0 saturated carbocycles. The Balaban J connectivity index is 0.990. The highest BCUT2D eigenvalue weighted by molar-refractivity contribution is 7.99. The minimum atomic E-state index is -0.546. The van der Waals surface area contributed by atoms with Crippen LogP contribution in [0.4, 0.5) is 0 Å². The van der Waals surface area contributed by atoms with Crippen LogP contribution in [0, 0.1) is 0 Å². The van der Waals surface area contributed by atoms with Crippen LogP contribution in [0.25, 0.3) is 77.4 Å². The summed E-state index contributed by atoms with van der Waals surface area (Å²) >= 11 is 1.86. The maximum atomic E-state index is 5.02. The van der Waals surface area contributed by atoms with Crippen LogP contribution in [-0.2, 0) is 5.54 Å². The van der Waals surface area contributed by atoms with Gasteiger partial charge in [-0.25, -0.2) is 4.68 Å². The van der Waals surface area contributed by atoms with Gasteiger partial charge in [0.1, 0.15) is 5.54 Å². The van der Waals surface area contributed by atoms with Crippen molar-refractivity contribution in [2.24, 2.45) is 0 Å². The summed E-state index contributed by atoms with van der Waals surface area (Å²) in [4.78, 5) is 2.51. The number of aromatic nitrogens is 4. The van der Waals surface area contributed by atoms with E-state index in [1.807, 2.05) is 18.0 Å². The molecular formula is C52H32N4S. The summed E-state index contributed by atoms with van der Waals surface area (Å²) in [5, 5.41) is 10.0. The molecule has 0 N–H and O–H groups in total. The zero-order valence-electron chi connectivity index (χ0n) is 30.7. The number of fused-ring (bicyclic) bond motifs is 15. The van der Waals surface area contributed by atoms with Gasteiger partial charge in [-0.15, -0.1) is 0 Å². The van der Waals surface area contributed by atoms with Gasteiger partial charge in [-0.05, 0) is 89.5 Å². The molecule has 57 heavy (non-hydrogen) atoms. The van der Waals surface area contributed by atoms with Crippen LogP contribution in [-0.4, -0.2) is 18.9 Å². The smallest absolute Gasteiger partial charge is 0.141 e. The van der Waals surface area contributed by atoms with E-state index in [-0.39, 0.29) is 0 Å². The molecular weight excluding hydrogens is 713 g/mol. The lowest BCUT2D eigenvalue weighted by molar-refractivity contribution is 0.467. The first-order valence-corrected chi connectivity index (χ1v) is 20.3. The molecule has 0 radical (unpaired) electrons. The van der Waals surface area contributed by atoms with E-state index in [0.717, 1.165) is 11.4 Å². The van der Waals surface area contributed by atoms with Crippen LogP contribution in [0.1, 0.15) is 16.7 Å². The Labute approximate surface area is 332 Å². The lowest BCUT2D eigenvalue weighted by Crippen LogP contribution is -2.38. The first kappa shape index (κ1) is 31.2. The zero-order chi connectivity index (χ0) is 37.2. The second kappa shape index (κ2) is 11.5. The van der Waals surface area contributed by atoms with Crippen LogP contribution in [0.15, 0.2) is 204 Å². The van der Waals surface area contributed by atoms with Crippen molar-refractivity contribution in [3.8, 4) is 33.8 Å². The maximum absolute atomic E-state index is 5.02. The van der Waals surface area contributed by atoms with Crippen LogP contribution in [0.5, 0.6) is 0 Å². The number of hydrogen-bond donors (Lipinski definition) is 0. The summed E-state index contributed by atoms with van der Waals surface area (Å²) in [5.41, 5.74) is 15.2. The third-order valence-corrected chi connectivity index (χ3v) is 13.5. The zero-order valence-corrected chi connectivity index (χ0v) is 31.5. The van der Waals surface area contributed by atoms with Gasteiger partial charge in [-0.3, -0.25) is 0 Å². The molecule has 5 heterocycles. The van der Waals surface area contributed by atoms with Gasteiger partial charge < -0.3 is 9.13 Å². The van der Waals surface area contributed by atoms with Gasteiger partial charge in [-0.2, -0.15) is 5.10 Å². The Morgan fingerprint density at radius 2 is 0.982 bits per heavy atom. The number of nitrogens with zero attached hydrogens (tertiary/aromatic N) is 4. The van der Waals surface area contributed by atoms with Crippen LogP contribution in [0.3, 0.4) is 0 Å². The van der Waals surface area contributed by atoms with Gasteiger partial charge in [0.25, 0.3) is 0 Å². The van der Waals surface area contributed by atoms with Gasteiger partial charge >= 0.3 is 0 Å². The van der Waals surface area contributed by atoms with E-state index in [1.165, 1.54) is 92.5 Å². The Morgan fingerprint density at radius 1 is 0.404 bits per heavy atom. The number of hydrogen-bond acceptors (Lipinski definition) is 2. The fourth-order valence-corrected chi connectivity index (χ4v) is 11.2. The highest BCUT2D eigenvalue weighted by Crippen LogP contribution is 2.58. The molecule has 0 bridgehead atoms. The Morgan fingerprint density at radius 3 is 1.72 bits per heavy atom. The molecule has 1 unspecified atom stereocenters. The van der Waals surface area contributed by atoms with Gasteiger partial charge in [0, 0.05) is 65.6 Å². The Hall–Kier alpha value is -7.08. The van der Waals surface area contributed by atoms with E-state index in [0.29, 0.717) is 0 Å². The standard InChI is InChI=1S/C52H32N4S/c1-2-12-35(13-3-1)54-45-19-9-5-14-37(45)40-30-33(22-26-47(40)54)34-23-27-48-41(31-34)38-15-6-10-20-46(38)55(48)36-24-25-44-51(32-36)57-50-21-11-8-18-43(50)52(44)42-17-7-4-16-39(42)49-28-29-53-56(49)52/h1-32H. The van der Waals surface area contributed by atoms with Gasteiger partial charge in [-0.1, -0.05) is 127 Å². The van der Waals surface area contributed by atoms with Crippen molar-refractivity contribution < 1.29 is 0 Å². The molecule has 1 spiro atoms. The van der Waals surface area contributed by atoms with Crippen molar-refractivity contribution in [2.45, 2.75) is 15.3 Å². The molecule has 2 aliphatic heterocycles. The fourth-order valence-electron chi connectivity index (χ4n) is 10.0. The van der Waals surface area contributed by atoms with Crippen molar-refractivity contribution in [3.63, 3.8) is 0 Å². The lowest BCUT2D eigenvalue weighted by Gasteiger charge is -2.39. The first-order chi connectivity index (χ1) is 28.3. The quantitative estimate of drug-likeness (QED) is 0.180. The SMILES string of the molecule is c1ccc(-n2c3ccccc3c3cc(-c4ccc5c(c4)c4ccccc4n5-c4ccc5c(c4)Sc4ccccc4C54c5ccccc5-c5ccnn54)ccc32)cc1. The van der Waals surface area contributed by atoms with Gasteiger partial charge in [0.15, 0.2) is 0 Å². The molecule has 5 heteroatoms. The second-order valence-corrected chi connectivity index (χ2v) is 16.3. The Bertz CT molecular complexity index is 3460. The normalized spacial score (nSPS) is 15.4. The molecule has 0 aliphatic carbocycles. The molecule has 0 fully saturated rings. The summed E-state index contributed by atoms with van der Waals surface area (Å²) in [6.07, 6.45) is 1.94. The third kappa shape index (κ3) is 4.11. The van der Waals surface area contributed by atoms with E-state index >= 15 is 0 Å². The summed E-state index contributed by atoms with van der Waals surface area (Å²) in [7, 11) is 0. The highest BCUT2D eigenvalue weighted by atomic mass is 32.2. The summed E-state index contributed by atoms with van der Waals surface area (Å²) in [6.45, 7) is 0. The number of para-hydroxylation sites is 3. The van der Waals surface area contributed by atoms with Crippen molar-refractivity contribution >= 4 is 55.4 Å². The lowest BCUT2D eigenvalue weighted by atomic mass is 9.77. The summed E-state index contributed by atoms with van der Waals surface area (Å²) in [6, 6.07) is 69.1. The average molecular weight is 745 g/mol. The van der Waals surface area contributed by atoms with Crippen LogP contribution < -0.4 is 0 Å². The second-order valence-electron chi connectivity index (χ2n) is 15.2. The Kier molecular flexibility index (Phi) is 6.28.